The molecule has 0 saturated carbocycles. The first-order chi connectivity index (χ1) is 22.2. The molecule has 250 valence electrons. The summed E-state index contributed by atoms with van der Waals surface area (Å²) in [6, 6.07) is 7.00. The number of esters is 1. The molecule has 5 N–H and O–H groups in total. The molecule has 1 fully saturated rings. The molecule has 6 rings (SSSR count). The van der Waals surface area contributed by atoms with Crippen LogP contribution in [0.3, 0.4) is 0 Å². The molecule has 0 spiro atoms. The maximum absolute atomic E-state index is 11.6. The van der Waals surface area contributed by atoms with Crippen LogP contribution in [0, 0.1) is 0 Å². The predicted molar refractivity (Wildman–Crippen MR) is 151 cm³/mol. The van der Waals surface area contributed by atoms with Crippen molar-refractivity contribution < 1.29 is 73.3 Å². The average Bonchev–Trinajstić information content (AvgIpc) is 3.61. The SMILES string of the molecule is CCCCCc1cc(OO[C@@H]2[C@@H](O)[C@H](O)[C@@H](COC(=O)CC(=O)O)O[C@H]2O)cc2c1OC[C@@H]1c3cc4c(cc3O[C@H]21)O[C@H](CO)O4. The van der Waals surface area contributed by atoms with E-state index < -0.39 is 68.1 Å². The second-order valence-electron chi connectivity index (χ2n) is 11.5. The first-order valence-corrected chi connectivity index (χ1v) is 15.2. The predicted octanol–water partition coefficient (Wildman–Crippen LogP) is 1.25. The van der Waals surface area contributed by atoms with Gasteiger partial charge in [-0.2, -0.15) is 4.89 Å². The van der Waals surface area contributed by atoms with Gasteiger partial charge in [0.2, 0.25) is 0 Å². The van der Waals surface area contributed by atoms with Crippen LogP contribution in [-0.2, 0) is 30.4 Å². The van der Waals surface area contributed by atoms with Gasteiger partial charge < -0.3 is 58.8 Å². The molecule has 15 nitrogen and oxygen atoms in total. The molecular formula is C31H36O15. The number of carboxylic acid groups (broad SMARTS) is 1. The number of carboxylic acids is 1. The number of carbonyl (C=O) groups is 2. The minimum atomic E-state index is -1.79. The van der Waals surface area contributed by atoms with E-state index in [4.69, 9.17) is 43.3 Å². The molecule has 4 aliphatic rings. The molecule has 4 heterocycles. The summed E-state index contributed by atoms with van der Waals surface area (Å²) in [6.45, 7) is 1.56. The van der Waals surface area contributed by atoms with Crippen molar-refractivity contribution >= 4 is 11.9 Å². The van der Waals surface area contributed by atoms with Gasteiger partial charge in [0.15, 0.2) is 29.6 Å². The Bertz CT molecular complexity index is 1450. The molecule has 0 bridgehead atoms. The lowest BCUT2D eigenvalue weighted by atomic mass is 9.87. The minimum Gasteiger partial charge on any atom is -0.492 e. The fraction of sp³-hybridized carbons (Fsp3) is 0.548. The minimum absolute atomic E-state index is 0.184. The summed E-state index contributed by atoms with van der Waals surface area (Å²) in [6.07, 6.45) is -6.62. The van der Waals surface area contributed by atoms with Gasteiger partial charge in [-0.15, -0.1) is 0 Å². The van der Waals surface area contributed by atoms with Gasteiger partial charge in [0.1, 0.15) is 55.5 Å². The Kier molecular flexibility index (Phi) is 9.40. The topological polar surface area (TPSA) is 209 Å². The number of aliphatic hydroxyl groups excluding tert-OH is 4. The Labute approximate surface area is 263 Å². The van der Waals surface area contributed by atoms with Gasteiger partial charge in [-0.05, 0) is 36.6 Å². The Morgan fingerprint density at radius 2 is 1.74 bits per heavy atom. The standard InChI is InChI=1S/C31H36O15/c1-2-3-4-5-14-6-15(45-46-30-27(37)26(36)22(44-31(30)38)13-39-24(35)10-23(33)34)7-17-28(14)40-12-18-16-8-20-21(42-25(11-32)41-20)9-19(16)43-29(17)18/h6-9,18,22,25-27,29-32,36-38H,2-5,10-13H2,1H3,(H,33,34)/t18-,22-,25-,26-,27+,29-,30-,31-/m1/s1. The maximum Gasteiger partial charge on any atom is 0.317 e. The van der Waals surface area contributed by atoms with Gasteiger partial charge in [0, 0.05) is 17.2 Å². The zero-order valence-electron chi connectivity index (χ0n) is 24.9. The average molecular weight is 649 g/mol. The molecule has 15 heteroatoms. The lowest BCUT2D eigenvalue weighted by molar-refractivity contribution is -0.365. The molecule has 2 aromatic carbocycles. The van der Waals surface area contributed by atoms with Crippen molar-refractivity contribution in [1.29, 1.82) is 0 Å². The van der Waals surface area contributed by atoms with Crippen LogP contribution in [0.1, 0.15) is 61.3 Å². The van der Waals surface area contributed by atoms with Crippen LogP contribution >= 0.6 is 0 Å². The zero-order valence-corrected chi connectivity index (χ0v) is 24.9. The number of hydrogen-bond acceptors (Lipinski definition) is 14. The van der Waals surface area contributed by atoms with E-state index >= 15 is 0 Å². The van der Waals surface area contributed by atoms with E-state index in [1.807, 2.05) is 6.07 Å². The summed E-state index contributed by atoms with van der Waals surface area (Å²) in [5.74, 6) is -0.167. The van der Waals surface area contributed by atoms with Gasteiger partial charge in [-0.3, -0.25) is 9.59 Å². The summed E-state index contributed by atoms with van der Waals surface area (Å²) < 4.78 is 34.1. The smallest absolute Gasteiger partial charge is 0.317 e. The van der Waals surface area contributed by atoms with Crippen LogP contribution in [0.2, 0.25) is 0 Å². The van der Waals surface area contributed by atoms with Crippen LogP contribution in [0.5, 0.6) is 28.7 Å². The quantitative estimate of drug-likeness (QED) is 0.0721. The summed E-state index contributed by atoms with van der Waals surface area (Å²) in [5, 5.41) is 49.8. The van der Waals surface area contributed by atoms with Crippen LogP contribution in [0.25, 0.3) is 0 Å². The van der Waals surface area contributed by atoms with Crippen LogP contribution in [0.15, 0.2) is 24.3 Å². The zero-order chi connectivity index (χ0) is 32.5. The van der Waals surface area contributed by atoms with Gasteiger partial charge >= 0.3 is 11.9 Å². The first-order valence-electron chi connectivity index (χ1n) is 15.2. The highest BCUT2D eigenvalue weighted by molar-refractivity contribution is 5.90. The van der Waals surface area contributed by atoms with E-state index in [-0.39, 0.29) is 18.3 Å². The van der Waals surface area contributed by atoms with E-state index in [0.29, 0.717) is 41.6 Å². The number of hydrogen-bond donors (Lipinski definition) is 5. The van der Waals surface area contributed by atoms with Gasteiger partial charge in [0.25, 0.3) is 6.29 Å². The van der Waals surface area contributed by atoms with E-state index in [1.165, 1.54) is 0 Å². The number of aliphatic hydroxyl groups is 4. The third kappa shape index (κ3) is 6.38. The van der Waals surface area contributed by atoms with Crippen molar-refractivity contribution in [3.05, 3.63) is 41.0 Å². The molecule has 4 aliphatic heterocycles. The van der Waals surface area contributed by atoms with Crippen molar-refractivity contribution in [1.82, 2.24) is 0 Å². The Morgan fingerprint density at radius 3 is 2.48 bits per heavy atom. The highest BCUT2D eigenvalue weighted by Crippen LogP contribution is 2.55. The van der Waals surface area contributed by atoms with Gasteiger partial charge in [0.05, 0.1) is 12.5 Å². The third-order valence-electron chi connectivity index (χ3n) is 8.31. The molecule has 1 saturated heterocycles. The van der Waals surface area contributed by atoms with Gasteiger partial charge in [-0.1, -0.05) is 19.8 Å². The molecule has 0 unspecified atom stereocenters. The summed E-state index contributed by atoms with van der Waals surface area (Å²) in [4.78, 5) is 33.2. The van der Waals surface area contributed by atoms with E-state index in [9.17, 15) is 30.0 Å². The Balaban J connectivity index is 1.18. The number of aryl methyl sites for hydroxylation is 1. The monoisotopic (exact) mass is 648 g/mol. The number of fused-ring (bicyclic) bond motifs is 6. The lowest BCUT2D eigenvalue weighted by Crippen LogP contribution is -2.59. The van der Waals surface area contributed by atoms with E-state index in [0.717, 1.165) is 30.4 Å². The van der Waals surface area contributed by atoms with Crippen LogP contribution in [0.4, 0.5) is 0 Å². The number of ether oxygens (including phenoxy) is 6. The number of unbranched alkanes of at least 4 members (excludes halogenated alkanes) is 2. The normalized spacial score (nSPS) is 28.7. The number of rotatable bonds is 12. The first kappa shape index (κ1) is 32.1. The molecule has 46 heavy (non-hydrogen) atoms. The van der Waals surface area contributed by atoms with Gasteiger partial charge in [-0.25, -0.2) is 0 Å². The van der Waals surface area contributed by atoms with Crippen LogP contribution in [-0.4, -0.2) is 94.3 Å². The lowest BCUT2D eigenvalue weighted by Gasteiger charge is -2.39. The van der Waals surface area contributed by atoms with Crippen molar-refractivity contribution in [2.45, 2.75) is 88.0 Å². The molecular weight excluding hydrogens is 612 g/mol. The van der Waals surface area contributed by atoms with Crippen LogP contribution < -0.4 is 23.8 Å². The largest absolute Gasteiger partial charge is 0.492 e. The van der Waals surface area contributed by atoms with E-state index in [2.05, 4.69) is 6.92 Å². The summed E-state index contributed by atoms with van der Waals surface area (Å²) in [5.41, 5.74) is 2.43. The highest BCUT2D eigenvalue weighted by Gasteiger charge is 2.47. The molecule has 2 aromatic rings. The van der Waals surface area contributed by atoms with Crippen molar-refractivity contribution in [2.75, 3.05) is 19.8 Å². The molecule has 0 radical (unpaired) electrons. The summed E-state index contributed by atoms with van der Waals surface area (Å²) >= 11 is 0. The third-order valence-corrected chi connectivity index (χ3v) is 8.31. The molecule has 0 aromatic heterocycles. The highest BCUT2D eigenvalue weighted by atomic mass is 17.2. The van der Waals surface area contributed by atoms with Crippen molar-refractivity contribution in [3.8, 4) is 28.7 Å². The Morgan fingerprint density at radius 1 is 0.957 bits per heavy atom. The fourth-order valence-electron chi connectivity index (χ4n) is 6.02. The van der Waals surface area contributed by atoms with Crippen molar-refractivity contribution in [3.63, 3.8) is 0 Å². The second-order valence-corrected chi connectivity index (χ2v) is 11.5. The fourth-order valence-corrected chi connectivity index (χ4v) is 6.02. The number of carbonyl (C=O) groups excluding carboxylic acids is 1. The Hall–Kier alpha value is -3.86. The van der Waals surface area contributed by atoms with E-state index in [1.54, 1.807) is 18.2 Å². The number of aliphatic carboxylic acids is 1. The maximum atomic E-state index is 11.6. The molecule has 0 aliphatic carbocycles. The number of benzene rings is 2. The van der Waals surface area contributed by atoms with Crippen molar-refractivity contribution in [2.24, 2.45) is 0 Å². The second kappa shape index (κ2) is 13.5. The molecule has 8 atom stereocenters. The summed E-state index contributed by atoms with van der Waals surface area (Å²) in [7, 11) is 0. The molecule has 0 amide bonds.